The largest absolute Gasteiger partial charge is 0.478 e. The van der Waals surface area contributed by atoms with E-state index in [1.165, 1.54) is 24.4 Å². The lowest BCUT2D eigenvalue weighted by Crippen LogP contribution is -2.25. The van der Waals surface area contributed by atoms with Gasteiger partial charge in [-0.15, -0.1) is 0 Å². The van der Waals surface area contributed by atoms with E-state index in [-0.39, 0.29) is 0 Å². The van der Waals surface area contributed by atoms with Gasteiger partial charge in [-0.3, -0.25) is 0 Å². The highest BCUT2D eigenvalue weighted by atomic mass is 32.1. The highest BCUT2D eigenvalue weighted by Gasteiger charge is 2.32. The zero-order valence-electron chi connectivity index (χ0n) is 11.1. The van der Waals surface area contributed by atoms with Crippen LogP contribution >= 0.6 is 11.5 Å². The van der Waals surface area contributed by atoms with E-state index in [2.05, 4.69) is 23.5 Å². The summed E-state index contributed by atoms with van der Waals surface area (Å²) in [6, 6.07) is 0.382. The van der Waals surface area contributed by atoms with Crippen molar-refractivity contribution >= 4 is 22.5 Å². The molecule has 1 aromatic heterocycles. The molecule has 2 N–H and O–H groups in total. The molecular weight excluding hydrogens is 248 g/mol. The highest BCUT2D eigenvalue weighted by molar-refractivity contribution is 7.10. The van der Waals surface area contributed by atoms with Crippen LogP contribution in [0.5, 0.6) is 0 Å². The quantitative estimate of drug-likeness (QED) is 0.878. The third-order valence-corrected chi connectivity index (χ3v) is 5.01. The fourth-order valence-electron chi connectivity index (χ4n) is 2.92. The van der Waals surface area contributed by atoms with Crippen LogP contribution in [0, 0.1) is 18.8 Å². The number of nitrogens with zero attached hydrogens (tertiary/aromatic N) is 1. The summed E-state index contributed by atoms with van der Waals surface area (Å²) < 4.78 is 4.14. The molecule has 0 bridgehead atoms. The van der Waals surface area contributed by atoms with Gasteiger partial charge in [-0.05, 0) is 43.1 Å². The summed E-state index contributed by atoms with van der Waals surface area (Å²) in [5.74, 6) is 0.463. The number of aryl methyl sites for hydroxylation is 1. The molecule has 18 heavy (non-hydrogen) atoms. The average molecular weight is 268 g/mol. The van der Waals surface area contributed by atoms with Gasteiger partial charge < -0.3 is 10.4 Å². The fourth-order valence-corrected chi connectivity index (χ4v) is 3.77. The number of nitrogens with one attached hydrogen (secondary N) is 1. The minimum absolute atomic E-state index is 0.340. The summed E-state index contributed by atoms with van der Waals surface area (Å²) in [7, 11) is 0. The van der Waals surface area contributed by atoms with Crippen molar-refractivity contribution < 1.29 is 9.90 Å². The average Bonchev–Trinajstić information content (AvgIpc) is 2.84. The van der Waals surface area contributed by atoms with Crippen molar-refractivity contribution in [3.63, 3.8) is 0 Å². The Hall–Kier alpha value is -1.10. The third kappa shape index (κ3) is 2.36. The van der Waals surface area contributed by atoms with Crippen LogP contribution in [0.3, 0.4) is 0 Å². The van der Waals surface area contributed by atoms with Gasteiger partial charge in [-0.2, -0.15) is 4.37 Å². The van der Waals surface area contributed by atoms with Crippen LogP contribution in [-0.2, 0) is 0 Å². The molecule has 0 radical (unpaired) electrons. The molecule has 1 aromatic rings. The number of carbonyl (C=O) groups is 1. The zero-order valence-corrected chi connectivity index (χ0v) is 11.9. The summed E-state index contributed by atoms with van der Waals surface area (Å²) in [6.07, 6.45) is 3.55. The molecule has 0 aromatic carbocycles. The van der Waals surface area contributed by atoms with Crippen LogP contribution in [0.2, 0.25) is 0 Å². The topological polar surface area (TPSA) is 62.2 Å². The van der Waals surface area contributed by atoms with Crippen molar-refractivity contribution in [2.45, 2.75) is 46.1 Å². The van der Waals surface area contributed by atoms with E-state index in [0.717, 1.165) is 12.3 Å². The minimum atomic E-state index is -0.888. The van der Waals surface area contributed by atoms with Gasteiger partial charge in [0.2, 0.25) is 0 Å². The molecule has 0 saturated heterocycles. The molecule has 0 amide bonds. The number of aromatic nitrogens is 1. The second kappa shape index (κ2) is 5.26. The highest BCUT2D eigenvalue weighted by Crippen LogP contribution is 2.37. The van der Waals surface area contributed by atoms with Crippen molar-refractivity contribution in [1.29, 1.82) is 0 Å². The van der Waals surface area contributed by atoms with Crippen molar-refractivity contribution in [2.24, 2.45) is 11.8 Å². The summed E-state index contributed by atoms with van der Waals surface area (Å²) in [5.41, 5.74) is 0.944. The normalized spacial score (nSPS) is 27.4. The molecule has 0 aliphatic heterocycles. The molecule has 1 heterocycles. The maximum Gasteiger partial charge on any atom is 0.340 e. The van der Waals surface area contributed by atoms with E-state index in [4.69, 9.17) is 0 Å². The van der Waals surface area contributed by atoms with Crippen molar-refractivity contribution in [1.82, 2.24) is 4.37 Å². The summed E-state index contributed by atoms with van der Waals surface area (Å²) in [4.78, 5) is 11.2. The van der Waals surface area contributed by atoms with E-state index in [1.54, 1.807) is 6.92 Å². The summed E-state index contributed by atoms with van der Waals surface area (Å²) in [6.45, 7) is 6.23. The Morgan fingerprint density at radius 2 is 2.28 bits per heavy atom. The summed E-state index contributed by atoms with van der Waals surface area (Å²) >= 11 is 1.26. The molecule has 3 atom stereocenters. The smallest absolute Gasteiger partial charge is 0.340 e. The van der Waals surface area contributed by atoms with Crippen LogP contribution in [0.4, 0.5) is 5.00 Å². The molecular formula is C13H20N2O2S. The molecule has 1 aliphatic rings. The number of aromatic carboxylic acids is 1. The second-order valence-corrected chi connectivity index (χ2v) is 5.91. The van der Waals surface area contributed by atoms with E-state index in [1.807, 2.05) is 0 Å². The molecule has 1 fully saturated rings. The van der Waals surface area contributed by atoms with Crippen molar-refractivity contribution in [3.8, 4) is 0 Å². The number of rotatable bonds is 4. The lowest BCUT2D eigenvalue weighted by Gasteiger charge is -2.21. The molecule has 100 valence electrons. The lowest BCUT2D eigenvalue weighted by molar-refractivity contribution is 0.0697. The predicted octanol–water partition coefficient (Wildman–Crippen LogP) is 3.39. The van der Waals surface area contributed by atoms with Gasteiger partial charge in [0.1, 0.15) is 10.6 Å². The SMILES string of the molecule is CCC1CCC(Nc2snc(C)c2C(=O)O)C1C. The van der Waals surface area contributed by atoms with Gasteiger partial charge >= 0.3 is 5.97 Å². The zero-order chi connectivity index (χ0) is 13.3. The fraction of sp³-hybridized carbons (Fsp3) is 0.692. The first-order valence-corrected chi connectivity index (χ1v) is 7.28. The Bertz CT molecular complexity index is 444. The first kappa shape index (κ1) is 13.3. The molecule has 1 aliphatic carbocycles. The van der Waals surface area contributed by atoms with E-state index in [0.29, 0.717) is 28.2 Å². The molecule has 3 unspecified atom stereocenters. The number of anilines is 1. The van der Waals surface area contributed by atoms with E-state index >= 15 is 0 Å². The maximum atomic E-state index is 11.2. The Balaban J connectivity index is 2.13. The van der Waals surface area contributed by atoms with E-state index in [9.17, 15) is 9.90 Å². The van der Waals surface area contributed by atoms with Gasteiger partial charge in [-0.25, -0.2) is 4.79 Å². The molecule has 4 nitrogen and oxygen atoms in total. The monoisotopic (exact) mass is 268 g/mol. The molecule has 1 saturated carbocycles. The number of hydrogen-bond acceptors (Lipinski definition) is 4. The first-order valence-electron chi connectivity index (χ1n) is 6.50. The lowest BCUT2D eigenvalue weighted by atomic mass is 9.93. The first-order chi connectivity index (χ1) is 8.54. The Labute approximate surface area is 112 Å². The van der Waals surface area contributed by atoms with Crippen LogP contribution < -0.4 is 5.32 Å². The number of hydrogen-bond donors (Lipinski definition) is 2. The summed E-state index contributed by atoms with van der Waals surface area (Å²) in [5, 5.41) is 13.3. The minimum Gasteiger partial charge on any atom is -0.478 e. The van der Waals surface area contributed by atoms with Gasteiger partial charge in [0, 0.05) is 6.04 Å². The Morgan fingerprint density at radius 1 is 1.56 bits per heavy atom. The maximum absolute atomic E-state index is 11.2. The standard InChI is InChI=1S/C13H20N2O2S/c1-4-9-5-6-10(7(9)2)14-12-11(13(16)17)8(3)15-18-12/h7,9-10,14H,4-6H2,1-3H3,(H,16,17). The predicted molar refractivity (Wildman–Crippen MR) is 73.4 cm³/mol. The van der Waals surface area contributed by atoms with E-state index < -0.39 is 5.97 Å². The molecule has 2 rings (SSSR count). The third-order valence-electron chi connectivity index (χ3n) is 4.14. The van der Waals surface area contributed by atoms with Crippen LogP contribution in [0.1, 0.15) is 49.2 Å². The Morgan fingerprint density at radius 3 is 2.83 bits per heavy atom. The molecule has 5 heteroatoms. The number of carboxylic acid groups (broad SMARTS) is 1. The van der Waals surface area contributed by atoms with Crippen LogP contribution in [0.15, 0.2) is 0 Å². The van der Waals surface area contributed by atoms with Crippen molar-refractivity contribution in [2.75, 3.05) is 5.32 Å². The number of carboxylic acids is 1. The van der Waals surface area contributed by atoms with Gasteiger partial charge in [0.15, 0.2) is 0 Å². The van der Waals surface area contributed by atoms with Crippen LogP contribution in [-0.4, -0.2) is 21.5 Å². The molecule has 0 spiro atoms. The van der Waals surface area contributed by atoms with Crippen LogP contribution in [0.25, 0.3) is 0 Å². The van der Waals surface area contributed by atoms with Crippen molar-refractivity contribution in [3.05, 3.63) is 11.3 Å². The van der Waals surface area contributed by atoms with Gasteiger partial charge in [0.05, 0.1) is 5.69 Å². The Kier molecular flexibility index (Phi) is 3.90. The second-order valence-electron chi connectivity index (χ2n) is 5.13. The van der Waals surface area contributed by atoms with Gasteiger partial charge in [-0.1, -0.05) is 20.3 Å². The van der Waals surface area contributed by atoms with Gasteiger partial charge in [0.25, 0.3) is 0 Å².